The average Bonchev–Trinajstić information content (AvgIpc) is 3.08. The van der Waals surface area contributed by atoms with Crippen molar-refractivity contribution in [1.82, 2.24) is 9.55 Å². The highest BCUT2D eigenvalue weighted by atomic mass is 32.2. The van der Waals surface area contributed by atoms with Gasteiger partial charge in [-0.25, -0.2) is 9.78 Å². The molecule has 2 aromatic rings. The first-order valence-electron chi connectivity index (χ1n) is 7.74. The predicted molar refractivity (Wildman–Crippen MR) is 88.8 cm³/mol. The van der Waals surface area contributed by atoms with E-state index in [1.54, 1.807) is 16.7 Å². The number of carbonyl (C=O) groups is 1. The third kappa shape index (κ3) is 2.77. The summed E-state index contributed by atoms with van der Waals surface area (Å²) in [6.45, 7) is 4.37. The Hall–Kier alpha value is -2.35. The molecule has 0 radical (unpaired) electrons. The number of hydrogen-bond donors (Lipinski definition) is 2. The Morgan fingerprint density at radius 2 is 2.12 bits per heavy atom. The van der Waals surface area contributed by atoms with E-state index in [9.17, 15) is 18.3 Å². The summed E-state index contributed by atoms with van der Waals surface area (Å²) in [5, 5.41) is 9.48. The van der Waals surface area contributed by atoms with Gasteiger partial charge in [-0.05, 0) is 24.0 Å². The molecule has 128 valence electrons. The quantitative estimate of drug-likeness (QED) is 0.863. The van der Waals surface area contributed by atoms with Crippen LogP contribution in [0, 0.1) is 0 Å². The molecule has 1 aliphatic rings. The first-order valence-corrected chi connectivity index (χ1v) is 9.23. The predicted octanol–water partition coefficient (Wildman–Crippen LogP) is 2.45. The van der Waals surface area contributed by atoms with Gasteiger partial charge in [0.25, 0.3) is 10.0 Å². The highest BCUT2D eigenvalue weighted by Crippen LogP contribution is 2.31. The fourth-order valence-corrected chi connectivity index (χ4v) is 4.25. The van der Waals surface area contributed by atoms with Crippen LogP contribution >= 0.6 is 0 Å². The van der Waals surface area contributed by atoms with E-state index in [2.05, 4.69) is 9.71 Å². The number of aryl methyl sites for hydroxylation is 1. The minimum absolute atomic E-state index is 0.0295. The molecule has 8 heteroatoms. The number of carboxylic acids is 1. The standard InChI is InChI=1S/C16H19N3O4S/c1-10(2)11-5-3-6-12(16(20)21)15(11)18-24(22,23)14-9-17-13-7-4-8-19(13)14/h3,5-6,9-10,18H,4,7-8H2,1-2H3,(H,20,21). The molecule has 1 aromatic carbocycles. The second-order valence-electron chi connectivity index (χ2n) is 6.10. The maximum absolute atomic E-state index is 12.8. The van der Waals surface area contributed by atoms with Crippen molar-refractivity contribution in [2.45, 2.75) is 44.2 Å². The molecule has 1 aliphatic heterocycles. The average molecular weight is 349 g/mol. The van der Waals surface area contributed by atoms with Crippen LogP contribution in [-0.4, -0.2) is 29.0 Å². The first-order chi connectivity index (χ1) is 11.3. The summed E-state index contributed by atoms with van der Waals surface area (Å²) in [7, 11) is -3.92. The van der Waals surface area contributed by atoms with Gasteiger partial charge in [0.15, 0.2) is 5.03 Å². The summed E-state index contributed by atoms with van der Waals surface area (Å²) in [5.41, 5.74) is 0.694. The van der Waals surface area contributed by atoms with Gasteiger partial charge in [-0.3, -0.25) is 4.72 Å². The molecule has 1 aromatic heterocycles. The summed E-state index contributed by atoms with van der Waals surface area (Å²) >= 11 is 0. The molecule has 24 heavy (non-hydrogen) atoms. The van der Waals surface area contributed by atoms with E-state index in [0.717, 1.165) is 18.7 Å². The normalized spacial score (nSPS) is 14.0. The van der Waals surface area contributed by atoms with E-state index in [0.29, 0.717) is 12.1 Å². The van der Waals surface area contributed by atoms with Crippen LogP contribution in [0.25, 0.3) is 0 Å². The lowest BCUT2D eigenvalue weighted by Crippen LogP contribution is -2.20. The number of carboxylic acid groups (broad SMARTS) is 1. The number of aromatic nitrogens is 2. The zero-order chi connectivity index (χ0) is 17.5. The van der Waals surface area contributed by atoms with Crippen LogP contribution in [0.15, 0.2) is 29.4 Å². The molecule has 0 saturated heterocycles. The highest BCUT2D eigenvalue weighted by Gasteiger charge is 2.27. The van der Waals surface area contributed by atoms with Gasteiger partial charge in [-0.2, -0.15) is 8.42 Å². The lowest BCUT2D eigenvalue weighted by atomic mass is 9.98. The molecule has 3 rings (SSSR count). The number of nitrogens with zero attached hydrogens (tertiary/aromatic N) is 2. The van der Waals surface area contributed by atoms with Gasteiger partial charge in [0.05, 0.1) is 17.4 Å². The van der Waals surface area contributed by atoms with E-state index in [-0.39, 0.29) is 22.2 Å². The Morgan fingerprint density at radius 1 is 1.38 bits per heavy atom. The Balaban J connectivity index is 2.08. The number of fused-ring (bicyclic) bond motifs is 1. The summed E-state index contributed by atoms with van der Waals surface area (Å²) in [6, 6.07) is 4.75. The van der Waals surface area contributed by atoms with Crippen LogP contribution in [0.2, 0.25) is 0 Å². The highest BCUT2D eigenvalue weighted by molar-refractivity contribution is 7.92. The van der Waals surface area contributed by atoms with Crippen molar-refractivity contribution in [2.24, 2.45) is 0 Å². The van der Waals surface area contributed by atoms with Crippen LogP contribution < -0.4 is 4.72 Å². The molecular formula is C16H19N3O4S. The van der Waals surface area contributed by atoms with Gasteiger partial charge in [0, 0.05) is 13.0 Å². The monoisotopic (exact) mass is 349 g/mol. The Labute approximate surface area is 140 Å². The number of hydrogen-bond acceptors (Lipinski definition) is 4. The van der Waals surface area contributed by atoms with Crippen molar-refractivity contribution < 1.29 is 18.3 Å². The molecular weight excluding hydrogens is 330 g/mol. The second-order valence-corrected chi connectivity index (χ2v) is 7.73. The van der Waals surface area contributed by atoms with E-state index in [4.69, 9.17) is 0 Å². The van der Waals surface area contributed by atoms with Crippen LogP contribution in [0.5, 0.6) is 0 Å². The Kier molecular flexibility index (Phi) is 4.08. The summed E-state index contributed by atoms with van der Waals surface area (Å²) < 4.78 is 29.8. The zero-order valence-electron chi connectivity index (χ0n) is 13.5. The van der Waals surface area contributed by atoms with Crippen molar-refractivity contribution in [1.29, 1.82) is 0 Å². The minimum atomic E-state index is -3.92. The Morgan fingerprint density at radius 3 is 2.79 bits per heavy atom. The van der Waals surface area contributed by atoms with Crippen LogP contribution in [-0.2, 0) is 23.0 Å². The zero-order valence-corrected chi connectivity index (χ0v) is 14.3. The maximum Gasteiger partial charge on any atom is 0.337 e. The SMILES string of the molecule is CC(C)c1cccc(C(=O)O)c1NS(=O)(=O)c1cnc2n1CCC2. The van der Waals surface area contributed by atoms with E-state index in [1.807, 2.05) is 13.8 Å². The van der Waals surface area contributed by atoms with Crippen LogP contribution in [0.3, 0.4) is 0 Å². The third-order valence-corrected chi connectivity index (χ3v) is 5.49. The minimum Gasteiger partial charge on any atom is -0.478 e. The fourth-order valence-electron chi connectivity index (χ4n) is 2.97. The number of imidazole rings is 1. The van der Waals surface area contributed by atoms with Gasteiger partial charge >= 0.3 is 5.97 Å². The molecule has 0 saturated carbocycles. The van der Waals surface area contributed by atoms with Gasteiger partial charge in [0.2, 0.25) is 0 Å². The largest absolute Gasteiger partial charge is 0.478 e. The molecule has 0 atom stereocenters. The van der Waals surface area contributed by atoms with Gasteiger partial charge in [-0.1, -0.05) is 26.0 Å². The van der Waals surface area contributed by atoms with E-state index < -0.39 is 16.0 Å². The van der Waals surface area contributed by atoms with Gasteiger partial charge in [-0.15, -0.1) is 0 Å². The molecule has 0 aliphatic carbocycles. The topological polar surface area (TPSA) is 101 Å². The summed E-state index contributed by atoms with van der Waals surface area (Å²) in [5.74, 6) is -0.460. The van der Waals surface area contributed by atoms with Crippen molar-refractivity contribution in [2.75, 3.05) is 4.72 Å². The summed E-state index contributed by atoms with van der Waals surface area (Å²) in [6.07, 6.45) is 2.93. The van der Waals surface area contributed by atoms with Crippen molar-refractivity contribution >= 4 is 21.7 Å². The maximum atomic E-state index is 12.8. The number of rotatable bonds is 5. The molecule has 7 nitrogen and oxygen atoms in total. The first kappa shape index (κ1) is 16.5. The smallest absolute Gasteiger partial charge is 0.337 e. The van der Waals surface area contributed by atoms with Gasteiger partial charge < -0.3 is 9.67 Å². The van der Waals surface area contributed by atoms with E-state index in [1.165, 1.54) is 12.3 Å². The molecule has 0 unspecified atom stereocenters. The second kappa shape index (κ2) is 5.94. The molecule has 2 heterocycles. The summed E-state index contributed by atoms with van der Waals surface area (Å²) in [4.78, 5) is 15.7. The molecule has 0 bridgehead atoms. The lowest BCUT2D eigenvalue weighted by Gasteiger charge is -2.17. The number of benzene rings is 1. The molecule has 0 amide bonds. The molecule has 0 fully saturated rings. The number of anilines is 1. The van der Waals surface area contributed by atoms with Gasteiger partial charge in [0.1, 0.15) is 5.82 Å². The fraction of sp³-hybridized carbons (Fsp3) is 0.375. The van der Waals surface area contributed by atoms with Crippen LogP contribution in [0.4, 0.5) is 5.69 Å². The third-order valence-electron chi connectivity index (χ3n) is 4.14. The van der Waals surface area contributed by atoms with Crippen molar-refractivity contribution in [3.05, 3.63) is 41.3 Å². The number of aromatic carboxylic acids is 1. The molecule has 0 spiro atoms. The molecule has 2 N–H and O–H groups in total. The van der Waals surface area contributed by atoms with Crippen LogP contribution in [0.1, 0.15) is 47.9 Å². The van der Waals surface area contributed by atoms with Crippen molar-refractivity contribution in [3.63, 3.8) is 0 Å². The number of para-hydroxylation sites is 1. The lowest BCUT2D eigenvalue weighted by molar-refractivity contribution is 0.0698. The number of sulfonamides is 1. The Bertz CT molecular complexity index is 900. The number of nitrogens with one attached hydrogen (secondary N) is 1. The van der Waals surface area contributed by atoms with E-state index >= 15 is 0 Å². The van der Waals surface area contributed by atoms with Crippen molar-refractivity contribution in [3.8, 4) is 0 Å².